The number of para-hydroxylation sites is 2. The maximum absolute atomic E-state index is 13.0. The molecule has 0 saturated carbocycles. The number of carbonyl (C=O) groups is 2. The van der Waals surface area contributed by atoms with Crippen LogP contribution >= 0.6 is 11.3 Å². The lowest BCUT2D eigenvalue weighted by molar-refractivity contribution is 0.0526. The minimum atomic E-state index is -0.423. The average Bonchev–Trinajstić information content (AvgIpc) is 3.04. The van der Waals surface area contributed by atoms with E-state index in [9.17, 15) is 9.59 Å². The molecule has 1 amide bonds. The molecule has 0 bridgehead atoms. The summed E-state index contributed by atoms with van der Waals surface area (Å²) in [4.78, 5) is 35.7. The van der Waals surface area contributed by atoms with E-state index in [0.29, 0.717) is 28.0 Å². The van der Waals surface area contributed by atoms with Crippen LogP contribution in [0.1, 0.15) is 65.9 Å². The average molecular weight is 439 g/mol. The Morgan fingerprint density at radius 2 is 1.90 bits per heavy atom. The van der Waals surface area contributed by atoms with E-state index < -0.39 is 11.9 Å². The molecular weight excluding hydrogens is 412 g/mol. The smallest absolute Gasteiger partial charge is 0.341 e. The lowest BCUT2D eigenvalue weighted by Crippen LogP contribution is -2.55. The van der Waals surface area contributed by atoms with Gasteiger partial charge in [-0.2, -0.15) is 0 Å². The molecular formula is C23H26N4O3S. The van der Waals surface area contributed by atoms with Crippen molar-refractivity contribution in [1.29, 1.82) is 0 Å². The maximum atomic E-state index is 13.0. The Kier molecular flexibility index (Phi) is 5.31. The molecule has 4 rings (SSSR count). The van der Waals surface area contributed by atoms with E-state index in [-0.39, 0.29) is 23.4 Å². The van der Waals surface area contributed by atoms with E-state index in [1.165, 1.54) is 17.5 Å². The van der Waals surface area contributed by atoms with Crippen molar-refractivity contribution in [2.45, 2.75) is 52.1 Å². The van der Waals surface area contributed by atoms with E-state index in [4.69, 9.17) is 4.74 Å². The molecule has 1 aliphatic heterocycles. The number of aromatic nitrogens is 2. The molecule has 0 atom stereocenters. The highest BCUT2D eigenvalue weighted by Crippen LogP contribution is 2.45. The van der Waals surface area contributed by atoms with Crippen LogP contribution in [0, 0.1) is 0 Å². The fourth-order valence-corrected chi connectivity index (χ4v) is 5.53. The van der Waals surface area contributed by atoms with Crippen molar-refractivity contribution in [2.24, 2.45) is 0 Å². The van der Waals surface area contributed by atoms with Gasteiger partial charge in [0.25, 0.3) is 5.91 Å². The standard InChI is InChI=1S/C23H26N4O3S/c1-6-30-21(29)17-13-11-22(2,3)27-23(4,5)18(13)31-20(17)26-19(28)16-12-24-14-9-7-8-10-15(14)25-16/h7-10,12,27H,6,11H2,1-5H3,(H,26,28). The van der Waals surface area contributed by atoms with Crippen LogP contribution in [0.4, 0.5) is 5.00 Å². The third kappa shape index (κ3) is 4.05. The number of ether oxygens (including phenoxy) is 1. The summed E-state index contributed by atoms with van der Waals surface area (Å²) in [5.41, 5.74) is 2.35. The highest BCUT2D eigenvalue weighted by molar-refractivity contribution is 7.17. The van der Waals surface area contributed by atoms with Gasteiger partial charge in [-0.05, 0) is 58.7 Å². The third-order valence-electron chi connectivity index (χ3n) is 5.23. The highest BCUT2D eigenvalue weighted by atomic mass is 32.1. The number of fused-ring (bicyclic) bond motifs is 2. The van der Waals surface area contributed by atoms with Crippen molar-refractivity contribution in [3.05, 3.63) is 52.2 Å². The molecule has 162 valence electrons. The number of benzene rings is 1. The van der Waals surface area contributed by atoms with Gasteiger partial charge in [0.2, 0.25) is 0 Å². The zero-order valence-corrected chi connectivity index (χ0v) is 19.1. The quantitative estimate of drug-likeness (QED) is 0.591. The van der Waals surface area contributed by atoms with Crippen LogP contribution < -0.4 is 10.6 Å². The van der Waals surface area contributed by atoms with Crippen molar-refractivity contribution in [3.8, 4) is 0 Å². The highest BCUT2D eigenvalue weighted by Gasteiger charge is 2.42. The SMILES string of the molecule is CCOC(=O)c1c(NC(=O)c2cnc3ccccc3n2)sc2c1CC(C)(C)NC2(C)C. The summed E-state index contributed by atoms with van der Waals surface area (Å²) in [6.07, 6.45) is 2.10. The molecule has 2 N–H and O–H groups in total. The van der Waals surface area contributed by atoms with E-state index in [1.807, 2.05) is 24.3 Å². The zero-order valence-electron chi connectivity index (χ0n) is 18.3. The Labute approximate surface area is 185 Å². The number of hydrogen-bond donors (Lipinski definition) is 2. The number of amides is 1. The van der Waals surface area contributed by atoms with Crippen LogP contribution in [0.15, 0.2) is 30.5 Å². The largest absolute Gasteiger partial charge is 0.462 e. The Balaban J connectivity index is 1.76. The Hall–Kier alpha value is -2.84. The minimum absolute atomic E-state index is 0.192. The second-order valence-corrected chi connectivity index (χ2v) is 9.86. The number of nitrogens with one attached hydrogen (secondary N) is 2. The number of nitrogens with zero attached hydrogens (tertiary/aromatic N) is 2. The van der Waals surface area contributed by atoms with E-state index in [1.54, 1.807) is 6.92 Å². The predicted octanol–water partition coefficient (Wildman–Crippen LogP) is 4.28. The summed E-state index contributed by atoms with van der Waals surface area (Å²) in [5.74, 6) is -0.833. The summed E-state index contributed by atoms with van der Waals surface area (Å²) in [6.45, 7) is 10.4. The molecule has 0 saturated heterocycles. The molecule has 7 nitrogen and oxygen atoms in total. The summed E-state index contributed by atoms with van der Waals surface area (Å²) in [7, 11) is 0. The van der Waals surface area contributed by atoms with Crippen LogP contribution in [-0.2, 0) is 16.7 Å². The van der Waals surface area contributed by atoms with Crippen molar-refractivity contribution in [3.63, 3.8) is 0 Å². The van der Waals surface area contributed by atoms with Crippen molar-refractivity contribution < 1.29 is 14.3 Å². The van der Waals surface area contributed by atoms with Gasteiger partial charge in [-0.15, -0.1) is 11.3 Å². The van der Waals surface area contributed by atoms with E-state index in [0.717, 1.165) is 10.4 Å². The van der Waals surface area contributed by atoms with Crippen molar-refractivity contribution in [2.75, 3.05) is 11.9 Å². The first kappa shape index (κ1) is 21.4. The second-order valence-electron chi connectivity index (χ2n) is 8.84. The lowest BCUT2D eigenvalue weighted by Gasteiger charge is -2.42. The number of esters is 1. The van der Waals surface area contributed by atoms with Gasteiger partial charge in [0.15, 0.2) is 0 Å². The maximum Gasteiger partial charge on any atom is 0.341 e. The topological polar surface area (TPSA) is 93.2 Å². The number of hydrogen-bond acceptors (Lipinski definition) is 7. The van der Waals surface area contributed by atoms with Crippen molar-refractivity contribution >= 4 is 39.2 Å². The normalized spacial score (nSPS) is 16.5. The van der Waals surface area contributed by atoms with Gasteiger partial charge < -0.3 is 15.4 Å². The van der Waals surface area contributed by atoms with Crippen LogP contribution in [-0.4, -0.2) is 34.0 Å². The Morgan fingerprint density at radius 1 is 1.19 bits per heavy atom. The molecule has 2 aromatic heterocycles. The molecule has 8 heteroatoms. The van der Waals surface area contributed by atoms with Gasteiger partial charge in [-0.25, -0.2) is 9.78 Å². The second kappa shape index (κ2) is 7.69. The first-order valence-electron chi connectivity index (χ1n) is 10.3. The Morgan fingerprint density at radius 3 is 2.61 bits per heavy atom. The summed E-state index contributed by atoms with van der Waals surface area (Å²) in [6, 6.07) is 7.37. The molecule has 1 aromatic carbocycles. The van der Waals surface area contributed by atoms with E-state index >= 15 is 0 Å². The van der Waals surface area contributed by atoms with Crippen molar-refractivity contribution in [1.82, 2.24) is 15.3 Å². The van der Waals surface area contributed by atoms with Gasteiger partial charge in [0.1, 0.15) is 10.7 Å². The molecule has 0 fully saturated rings. The van der Waals surface area contributed by atoms with E-state index in [2.05, 4.69) is 48.3 Å². The van der Waals surface area contributed by atoms with Crippen LogP contribution in [0.25, 0.3) is 11.0 Å². The summed E-state index contributed by atoms with van der Waals surface area (Å²) < 4.78 is 5.34. The molecule has 0 unspecified atom stereocenters. The molecule has 0 spiro atoms. The molecule has 0 radical (unpaired) electrons. The van der Waals surface area contributed by atoms with Gasteiger partial charge in [0, 0.05) is 16.0 Å². The monoisotopic (exact) mass is 438 g/mol. The van der Waals surface area contributed by atoms with Gasteiger partial charge >= 0.3 is 5.97 Å². The number of rotatable bonds is 4. The van der Waals surface area contributed by atoms with Gasteiger partial charge in [0.05, 0.1) is 29.4 Å². The fourth-order valence-electron chi connectivity index (χ4n) is 4.27. The number of carbonyl (C=O) groups excluding carboxylic acids is 2. The fraction of sp³-hybridized carbons (Fsp3) is 0.391. The first-order valence-corrected chi connectivity index (χ1v) is 11.1. The molecule has 1 aliphatic rings. The van der Waals surface area contributed by atoms with Crippen LogP contribution in [0.5, 0.6) is 0 Å². The number of thiophene rings is 1. The predicted molar refractivity (Wildman–Crippen MR) is 122 cm³/mol. The zero-order chi connectivity index (χ0) is 22.4. The molecule has 31 heavy (non-hydrogen) atoms. The minimum Gasteiger partial charge on any atom is -0.462 e. The third-order valence-corrected chi connectivity index (χ3v) is 6.70. The van der Waals surface area contributed by atoms with Gasteiger partial charge in [-0.1, -0.05) is 12.1 Å². The van der Waals surface area contributed by atoms with Gasteiger partial charge in [-0.3, -0.25) is 9.78 Å². The molecule has 3 heterocycles. The lowest BCUT2D eigenvalue weighted by atomic mass is 9.81. The van der Waals surface area contributed by atoms with Crippen LogP contribution in [0.2, 0.25) is 0 Å². The summed E-state index contributed by atoms with van der Waals surface area (Å²) in [5, 5.41) is 7.01. The Bertz CT molecular complexity index is 1180. The first-order chi connectivity index (χ1) is 14.6. The van der Waals surface area contributed by atoms with Crippen LogP contribution in [0.3, 0.4) is 0 Å². The molecule has 3 aromatic rings. The number of anilines is 1. The summed E-state index contributed by atoms with van der Waals surface area (Å²) >= 11 is 1.41. The molecule has 0 aliphatic carbocycles.